The third-order valence-electron chi connectivity index (χ3n) is 5.39. The predicted octanol–water partition coefficient (Wildman–Crippen LogP) is 4.97. The standard InChI is InChI=1S/C18H26BrN/c1-13-4-2-5-14(10-13)17-8-9-20-12-18(17)15-6-3-7-16(19)11-15/h3,6-7,11,13-14,17-18,20H,2,4-5,8-10,12H2,1H3. The van der Waals surface area contributed by atoms with E-state index in [-0.39, 0.29) is 0 Å². The van der Waals surface area contributed by atoms with E-state index in [0.29, 0.717) is 5.92 Å². The van der Waals surface area contributed by atoms with Gasteiger partial charge in [-0.3, -0.25) is 0 Å². The second-order valence-corrected chi connectivity index (χ2v) is 7.77. The molecule has 1 aliphatic heterocycles. The summed E-state index contributed by atoms with van der Waals surface area (Å²) in [5.74, 6) is 3.47. The fourth-order valence-electron chi connectivity index (χ4n) is 4.42. The van der Waals surface area contributed by atoms with E-state index in [4.69, 9.17) is 0 Å². The van der Waals surface area contributed by atoms with E-state index in [1.807, 2.05) is 0 Å². The van der Waals surface area contributed by atoms with Crippen molar-refractivity contribution in [1.82, 2.24) is 5.32 Å². The van der Waals surface area contributed by atoms with Gasteiger partial charge >= 0.3 is 0 Å². The van der Waals surface area contributed by atoms with Crippen LogP contribution in [0.25, 0.3) is 0 Å². The molecule has 0 aromatic heterocycles. The van der Waals surface area contributed by atoms with E-state index in [1.54, 1.807) is 0 Å². The van der Waals surface area contributed by atoms with Gasteiger partial charge < -0.3 is 5.32 Å². The molecule has 2 heteroatoms. The topological polar surface area (TPSA) is 12.0 Å². The van der Waals surface area contributed by atoms with Gasteiger partial charge in [0, 0.05) is 11.0 Å². The number of hydrogen-bond donors (Lipinski definition) is 1. The number of hydrogen-bond acceptors (Lipinski definition) is 1. The highest BCUT2D eigenvalue weighted by Crippen LogP contribution is 2.43. The van der Waals surface area contributed by atoms with Gasteiger partial charge in [0.15, 0.2) is 0 Å². The van der Waals surface area contributed by atoms with Gasteiger partial charge in [-0.25, -0.2) is 0 Å². The zero-order chi connectivity index (χ0) is 13.9. The summed E-state index contributed by atoms with van der Waals surface area (Å²) in [6, 6.07) is 8.98. The Morgan fingerprint density at radius 3 is 2.90 bits per heavy atom. The van der Waals surface area contributed by atoms with Crippen molar-refractivity contribution < 1.29 is 0 Å². The molecule has 1 aliphatic carbocycles. The fraction of sp³-hybridized carbons (Fsp3) is 0.667. The third-order valence-corrected chi connectivity index (χ3v) is 5.89. The molecule has 1 N–H and O–H groups in total. The minimum atomic E-state index is 0.705. The van der Waals surface area contributed by atoms with E-state index in [9.17, 15) is 0 Å². The zero-order valence-corrected chi connectivity index (χ0v) is 14.0. The summed E-state index contributed by atoms with van der Waals surface area (Å²) >= 11 is 3.63. The molecule has 3 rings (SSSR count). The van der Waals surface area contributed by atoms with Crippen LogP contribution in [0, 0.1) is 17.8 Å². The summed E-state index contributed by atoms with van der Waals surface area (Å²) in [7, 11) is 0. The smallest absolute Gasteiger partial charge is 0.0178 e. The highest BCUT2D eigenvalue weighted by molar-refractivity contribution is 9.10. The largest absolute Gasteiger partial charge is 0.316 e. The van der Waals surface area contributed by atoms with Crippen LogP contribution in [0.5, 0.6) is 0 Å². The average Bonchev–Trinajstić information content (AvgIpc) is 2.47. The minimum absolute atomic E-state index is 0.705. The number of nitrogens with one attached hydrogen (secondary N) is 1. The van der Waals surface area contributed by atoms with E-state index in [2.05, 4.69) is 52.4 Å². The van der Waals surface area contributed by atoms with Crippen LogP contribution in [0.15, 0.2) is 28.7 Å². The van der Waals surface area contributed by atoms with E-state index >= 15 is 0 Å². The maximum atomic E-state index is 3.63. The van der Waals surface area contributed by atoms with Crippen LogP contribution in [0.3, 0.4) is 0 Å². The Bertz CT molecular complexity index is 445. The Hall–Kier alpha value is -0.340. The number of piperidine rings is 1. The number of benzene rings is 1. The Morgan fingerprint density at radius 2 is 2.10 bits per heavy atom. The summed E-state index contributed by atoms with van der Waals surface area (Å²) in [6.07, 6.45) is 7.16. The molecule has 110 valence electrons. The molecular formula is C18H26BrN. The first-order chi connectivity index (χ1) is 9.74. The summed E-state index contributed by atoms with van der Waals surface area (Å²) in [5.41, 5.74) is 1.52. The van der Waals surface area contributed by atoms with E-state index in [1.165, 1.54) is 48.7 Å². The van der Waals surface area contributed by atoms with Gasteiger partial charge in [0.25, 0.3) is 0 Å². The Balaban J connectivity index is 1.80. The maximum Gasteiger partial charge on any atom is 0.0178 e. The van der Waals surface area contributed by atoms with Gasteiger partial charge in [-0.15, -0.1) is 0 Å². The van der Waals surface area contributed by atoms with E-state index in [0.717, 1.165) is 24.3 Å². The van der Waals surface area contributed by atoms with Crippen molar-refractivity contribution in [1.29, 1.82) is 0 Å². The summed E-state index contributed by atoms with van der Waals surface area (Å²) in [6.45, 7) is 4.81. The van der Waals surface area contributed by atoms with Crippen molar-refractivity contribution in [3.63, 3.8) is 0 Å². The van der Waals surface area contributed by atoms with Crippen LogP contribution >= 0.6 is 15.9 Å². The molecule has 0 spiro atoms. The van der Waals surface area contributed by atoms with Crippen LogP contribution in [0.2, 0.25) is 0 Å². The maximum absolute atomic E-state index is 3.63. The van der Waals surface area contributed by atoms with Gasteiger partial charge in [0.1, 0.15) is 0 Å². The van der Waals surface area contributed by atoms with Crippen molar-refractivity contribution in [2.24, 2.45) is 17.8 Å². The van der Waals surface area contributed by atoms with Crippen LogP contribution in [0.4, 0.5) is 0 Å². The predicted molar refractivity (Wildman–Crippen MR) is 89.0 cm³/mol. The summed E-state index contributed by atoms with van der Waals surface area (Å²) in [5, 5.41) is 3.62. The van der Waals surface area contributed by atoms with Gasteiger partial charge in [-0.1, -0.05) is 54.2 Å². The van der Waals surface area contributed by atoms with E-state index < -0.39 is 0 Å². The lowest BCUT2D eigenvalue weighted by atomic mass is 9.67. The fourth-order valence-corrected chi connectivity index (χ4v) is 4.83. The lowest BCUT2D eigenvalue weighted by molar-refractivity contribution is 0.152. The van der Waals surface area contributed by atoms with Crippen molar-refractivity contribution in [3.05, 3.63) is 34.3 Å². The molecule has 20 heavy (non-hydrogen) atoms. The highest BCUT2D eigenvalue weighted by Gasteiger charge is 2.34. The second-order valence-electron chi connectivity index (χ2n) is 6.85. The third kappa shape index (κ3) is 3.28. The van der Waals surface area contributed by atoms with Gasteiger partial charge in [-0.05, 0) is 60.8 Å². The van der Waals surface area contributed by atoms with Crippen molar-refractivity contribution >= 4 is 15.9 Å². The Kier molecular flexibility index (Phi) is 4.83. The van der Waals surface area contributed by atoms with Crippen LogP contribution < -0.4 is 5.32 Å². The molecule has 1 saturated heterocycles. The molecule has 1 aromatic carbocycles. The molecule has 2 aliphatic rings. The van der Waals surface area contributed by atoms with Crippen LogP contribution in [0.1, 0.15) is 50.5 Å². The van der Waals surface area contributed by atoms with Gasteiger partial charge in [0.05, 0.1) is 0 Å². The Labute approximate surface area is 131 Å². The minimum Gasteiger partial charge on any atom is -0.316 e. The molecule has 1 nitrogen and oxygen atoms in total. The normalized spacial score (nSPS) is 34.9. The second kappa shape index (κ2) is 6.62. The zero-order valence-electron chi connectivity index (χ0n) is 12.4. The first-order valence-electron chi connectivity index (χ1n) is 8.20. The van der Waals surface area contributed by atoms with Gasteiger partial charge in [-0.2, -0.15) is 0 Å². The SMILES string of the molecule is CC1CCCC(C2CCNCC2c2cccc(Br)c2)C1. The molecule has 0 amide bonds. The number of halogens is 1. The van der Waals surface area contributed by atoms with Crippen molar-refractivity contribution in [2.45, 2.75) is 44.9 Å². The molecule has 0 radical (unpaired) electrons. The molecule has 4 unspecified atom stereocenters. The molecule has 0 bridgehead atoms. The number of rotatable bonds is 2. The average molecular weight is 336 g/mol. The lowest BCUT2D eigenvalue weighted by Gasteiger charge is -2.41. The summed E-state index contributed by atoms with van der Waals surface area (Å²) in [4.78, 5) is 0. The van der Waals surface area contributed by atoms with Gasteiger partial charge in [0.2, 0.25) is 0 Å². The quantitative estimate of drug-likeness (QED) is 0.804. The highest BCUT2D eigenvalue weighted by atomic mass is 79.9. The first kappa shape index (κ1) is 14.6. The first-order valence-corrected chi connectivity index (χ1v) is 8.99. The lowest BCUT2D eigenvalue weighted by Crippen LogP contribution is -2.39. The Morgan fingerprint density at radius 1 is 1.20 bits per heavy atom. The summed E-state index contributed by atoms with van der Waals surface area (Å²) < 4.78 is 1.22. The van der Waals surface area contributed by atoms with Crippen LogP contribution in [-0.2, 0) is 0 Å². The monoisotopic (exact) mass is 335 g/mol. The molecule has 1 saturated carbocycles. The molecule has 1 heterocycles. The van der Waals surface area contributed by atoms with Crippen molar-refractivity contribution in [2.75, 3.05) is 13.1 Å². The molecule has 2 fully saturated rings. The van der Waals surface area contributed by atoms with Crippen molar-refractivity contribution in [3.8, 4) is 0 Å². The molecule has 4 atom stereocenters. The van der Waals surface area contributed by atoms with Crippen LogP contribution in [-0.4, -0.2) is 13.1 Å². The molecular weight excluding hydrogens is 310 g/mol. The molecule has 1 aromatic rings.